The molecule has 1 heterocycles. The summed E-state index contributed by atoms with van der Waals surface area (Å²) in [5.74, 6) is 1.52. The predicted octanol–water partition coefficient (Wildman–Crippen LogP) is -0.465. The van der Waals surface area contributed by atoms with Crippen molar-refractivity contribution in [1.29, 1.82) is 0 Å². The number of ether oxygens (including phenoxy) is 1. The molecule has 0 saturated carbocycles. The van der Waals surface area contributed by atoms with Crippen molar-refractivity contribution >= 4 is 17.6 Å². The number of cyclic esters (lactones) is 1. The number of rotatable bonds is 2. The van der Waals surface area contributed by atoms with Gasteiger partial charge in [0.15, 0.2) is 5.03 Å². The summed E-state index contributed by atoms with van der Waals surface area (Å²) in [6.07, 6.45) is 3.63. The van der Waals surface area contributed by atoms with Crippen molar-refractivity contribution in [1.82, 2.24) is 5.32 Å². The lowest BCUT2D eigenvalue weighted by Crippen LogP contribution is -2.22. The minimum absolute atomic E-state index is 0.125. The molecule has 0 aromatic heterocycles. The lowest BCUT2D eigenvalue weighted by Gasteiger charge is -2.06. The zero-order valence-corrected chi connectivity index (χ0v) is 6.76. The van der Waals surface area contributed by atoms with E-state index in [1.165, 1.54) is 0 Å². The molecule has 5 heteroatoms. The summed E-state index contributed by atoms with van der Waals surface area (Å²) in [5.41, 5.74) is 0.125. The molecule has 0 saturated heterocycles. The van der Waals surface area contributed by atoms with E-state index >= 15 is 0 Å². The van der Waals surface area contributed by atoms with Gasteiger partial charge in [-0.3, -0.25) is 0 Å². The van der Waals surface area contributed by atoms with Gasteiger partial charge in [0.05, 0.1) is 6.54 Å². The summed E-state index contributed by atoms with van der Waals surface area (Å²) < 4.78 is 4.36. The van der Waals surface area contributed by atoms with Gasteiger partial charge in [0.1, 0.15) is 5.70 Å². The fraction of sp³-hybridized carbons (Fsp3) is 0.286. The molecule has 0 fully saturated rings. The Morgan fingerprint density at radius 3 is 2.92 bits per heavy atom. The number of carbonyl (C=O) groups is 1. The number of aliphatic hydroxyl groups excluding tert-OH is 1. The Kier molecular flexibility index (Phi) is 2.58. The molecule has 1 atom stereocenters. The molecule has 12 heavy (non-hydrogen) atoms. The van der Waals surface area contributed by atoms with Gasteiger partial charge in [-0.2, -0.15) is 0 Å². The Labute approximate surface area is 74.2 Å². The highest BCUT2D eigenvalue weighted by Crippen LogP contribution is 2.21. The first-order chi connectivity index (χ1) is 5.66. The fourth-order valence-electron chi connectivity index (χ4n) is 0.742. The maximum atomic E-state index is 10.7. The number of hydrogen-bond acceptors (Lipinski definition) is 4. The maximum absolute atomic E-state index is 10.7. The summed E-state index contributed by atoms with van der Waals surface area (Å²) >= 11 is 5.47. The molecule has 0 aromatic carbocycles. The topological polar surface area (TPSA) is 58.6 Å². The van der Waals surface area contributed by atoms with Crippen LogP contribution < -0.4 is 5.32 Å². The molecule has 0 aromatic rings. The number of nitrogens with one attached hydrogen (secondary N) is 1. The van der Waals surface area contributed by atoms with Gasteiger partial charge in [0.25, 0.3) is 0 Å². The number of carbonyl (C=O) groups excluding carboxylic acids is 1. The molecule has 2 N–H and O–H groups in total. The highest BCUT2D eigenvalue weighted by molar-refractivity contribution is 6.42. The van der Waals surface area contributed by atoms with Gasteiger partial charge in [0, 0.05) is 0 Å². The minimum atomic E-state index is -1.32. The summed E-state index contributed by atoms with van der Waals surface area (Å²) in [5, 5.41) is 11.5. The first-order valence-corrected chi connectivity index (χ1v) is 3.50. The second kappa shape index (κ2) is 3.48. The molecular formula is C7H6ClNO3. The first kappa shape index (κ1) is 8.91. The smallest absolute Gasteiger partial charge is 0.354 e. The van der Waals surface area contributed by atoms with Crippen molar-refractivity contribution in [3.8, 4) is 12.3 Å². The fourth-order valence-corrected chi connectivity index (χ4v) is 0.946. The molecule has 0 bridgehead atoms. The number of terminal acetylenes is 1. The van der Waals surface area contributed by atoms with Crippen molar-refractivity contribution in [3.05, 3.63) is 10.7 Å². The van der Waals surface area contributed by atoms with Crippen LogP contribution in [0.15, 0.2) is 10.7 Å². The SMILES string of the molecule is C#CCNC1=C(Cl)C(=O)OC1O. The van der Waals surface area contributed by atoms with E-state index in [1.54, 1.807) is 0 Å². The quantitative estimate of drug-likeness (QED) is 0.454. The minimum Gasteiger partial charge on any atom is -0.425 e. The normalized spacial score (nSPS) is 22.1. The third kappa shape index (κ3) is 1.52. The second-order valence-electron chi connectivity index (χ2n) is 2.04. The molecule has 1 rings (SSSR count). The van der Waals surface area contributed by atoms with Gasteiger partial charge in [-0.05, 0) is 0 Å². The highest BCUT2D eigenvalue weighted by atomic mass is 35.5. The van der Waals surface area contributed by atoms with Crippen LogP contribution in [0, 0.1) is 12.3 Å². The van der Waals surface area contributed by atoms with Crippen LogP contribution in [-0.2, 0) is 9.53 Å². The van der Waals surface area contributed by atoms with E-state index in [4.69, 9.17) is 23.1 Å². The van der Waals surface area contributed by atoms with Crippen LogP contribution in [0.5, 0.6) is 0 Å². The Balaban J connectivity index is 2.73. The molecule has 0 radical (unpaired) electrons. The van der Waals surface area contributed by atoms with Crippen LogP contribution in [0.2, 0.25) is 0 Å². The molecule has 4 nitrogen and oxygen atoms in total. The Morgan fingerprint density at radius 2 is 2.50 bits per heavy atom. The Bertz CT molecular complexity index is 279. The Hall–Kier alpha value is -1.18. The van der Waals surface area contributed by atoms with Crippen molar-refractivity contribution in [2.24, 2.45) is 0 Å². The van der Waals surface area contributed by atoms with E-state index in [0.717, 1.165) is 0 Å². The lowest BCUT2D eigenvalue weighted by molar-refractivity contribution is -0.151. The van der Waals surface area contributed by atoms with E-state index < -0.39 is 12.3 Å². The summed E-state index contributed by atoms with van der Waals surface area (Å²) in [6.45, 7) is 0.180. The molecule has 0 spiro atoms. The Morgan fingerprint density at radius 1 is 1.83 bits per heavy atom. The van der Waals surface area contributed by atoms with Crippen LogP contribution in [-0.4, -0.2) is 23.9 Å². The zero-order chi connectivity index (χ0) is 9.14. The molecule has 64 valence electrons. The average Bonchev–Trinajstić information content (AvgIpc) is 2.25. The number of halogens is 1. The van der Waals surface area contributed by atoms with Gasteiger partial charge < -0.3 is 15.2 Å². The van der Waals surface area contributed by atoms with E-state index in [-0.39, 0.29) is 17.3 Å². The number of aliphatic hydroxyl groups is 1. The molecule has 0 amide bonds. The van der Waals surface area contributed by atoms with E-state index in [9.17, 15) is 4.79 Å². The summed E-state index contributed by atoms with van der Waals surface area (Å²) in [4.78, 5) is 10.7. The van der Waals surface area contributed by atoms with Gasteiger partial charge in [-0.15, -0.1) is 6.42 Å². The largest absolute Gasteiger partial charge is 0.425 e. The van der Waals surface area contributed by atoms with Crippen LogP contribution in [0.4, 0.5) is 0 Å². The van der Waals surface area contributed by atoms with Crippen molar-refractivity contribution in [2.45, 2.75) is 6.29 Å². The first-order valence-electron chi connectivity index (χ1n) is 3.13. The zero-order valence-electron chi connectivity index (χ0n) is 6.00. The van der Waals surface area contributed by atoms with E-state index in [2.05, 4.69) is 16.0 Å². The third-order valence-electron chi connectivity index (χ3n) is 1.26. The number of esters is 1. The van der Waals surface area contributed by atoms with Crippen molar-refractivity contribution < 1.29 is 14.6 Å². The monoisotopic (exact) mass is 187 g/mol. The van der Waals surface area contributed by atoms with E-state index in [0.29, 0.717) is 0 Å². The van der Waals surface area contributed by atoms with Gasteiger partial charge in [0.2, 0.25) is 6.29 Å². The summed E-state index contributed by atoms with van der Waals surface area (Å²) in [7, 11) is 0. The molecule has 0 aliphatic carbocycles. The molecule has 1 aliphatic heterocycles. The highest BCUT2D eigenvalue weighted by Gasteiger charge is 2.31. The van der Waals surface area contributed by atoms with Crippen molar-refractivity contribution in [2.75, 3.05) is 6.54 Å². The van der Waals surface area contributed by atoms with Gasteiger partial charge in [-0.25, -0.2) is 4.79 Å². The van der Waals surface area contributed by atoms with Crippen LogP contribution in [0.25, 0.3) is 0 Å². The maximum Gasteiger partial charge on any atom is 0.354 e. The van der Waals surface area contributed by atoms with Crippen LogP contribution in [0.3, 0.4) is 0 Å². The lowest BCUT2D eigenvalue weighted by atomic mass is 10.4. The number of hydrogen-bond donors (Lipinski definition) is 2. The third-order valence-corrected chi connectivity index (χ3v) is 1.62. The summed E-state index contributed by atoms with van der Waals surface area (Å²) in [6, 6.07) is 0. The average molecular weight is 188 g/mol. The van der Waals surface area contributed by atoms with Gasteiger partial charge >= 0.3 is 5.97 Å². The van der Waals surface area contributed by atoms with Gasteiger partial charge in [-0.1, -0.05) is 17.5 Å². The second-order valence-corrected chi connectivity index (χ2v) is 2.42. The molecule has 1 unspecified atom stereocenters. The molecule has 1 aliphatic rings. The van der Waals surface area contributed by atoms with E-state index in [1.807, 2.05) is 0 Å². The van der Waals surface area contributed by atoms with Crippen molar-refractivity contribution in [3.63, 3.8) is 0 Å². The van der Waals surface area contributed by atoms with Crippen LogP contribution in [0.1, 0.15) is 0 Å². The van der Waals surface area contributed by atoms with Crippen LogP contribution >= 0.6 is 11.6 Å². The predicted molar refractivity (Wildman–Crippen MR) is 41.8 cm³/mol. The molecular weight excluding hydrogens is 182 g/mol. The standard InChI is InChI=1S/C7H6ClNO3/c1-2-3-9-5-4(8)6(10)12-7(5)11/h1,7,9,11H,3H2.